The average molecular weight is 235 g/mol. The monoisotopic (exact) mass is 235 g/mol. The van der Waals surface area contributed by atoms with Crippen molar-refractivity contribution in [1.29, 1.82) is 0 Å². The van der Waals surface area contributed by atoms with Gasteiger partial charge in [0, 0.05) is 25.6 Å². The number of hydrogen-bond donors (Lipinski definition) is 0. The van der Waals surface area contributed by atoms with E-state index in [2.05, 4.69) is 21.9 Å². The van der Waals surface area contributed by atoms with Crippen LogP contribution in [0, 0.1) is 5.92 Å². The molecule has 1 atom stereocenters. The topological polar surface area (TPSA) is 38.2 Å². The van der Waals surface area contributed by atoms with E-state index in [0.717, 1.165) is 38.0 Å². The van der Waals surface area contributed by atoms with E-state index in [1.807, 2.05) is 6.07 Å². The Labute approximate surface area is 103 Å². The van der Waals surface area contributed by atoms with Crippen molar-refractivity contribution >= 4 is 0 Å². The Morgan fingerprint density at radius 2 is 2.24 bits per heavy atom. The molecule has 0 amide bonds. The second-order valence-electron chi connectivity index (χ2n) is 4.77. The fourth-order valence-corrected chi connectivity index (χ4v) is 2.17. The molecule has 1 aliphatic rings. The zero-order chi connectivity index (χ0) is 11.9. The first-order valence-electron chi connectivity index (χ1n) is 6.37. The van der Waals surface area contributed by atoms with Gasteiger partial charge in [-0.1, -0.05) is 0 Å². The minimum Gasteiger partial charge on any atom is -0.381 e. The van der Waals surface area contributed by atoms with Gasteiger partial charge in [0.05, 0.1) is 6.54 Å². The summed E-state index contributed by atoms with van der Waals surface area (Å²) in [6, 6.07) is 1.85. The average Bonchev–Trinajstić information content (AvgIpc) is 2.39. The van der Waals surface area contributed by atoms with Crippen molar-refractivity contribution in [2.45, 2.75) is 25.8 Å². The molecule has 0 aromatic carbocycles. The van der Waals surface area contributed by atoms with Crippen molar-refractivity contribution in [3.63, 3.8) is 0 Å². The summed E-state index contributed by atoms with van der Waals surface area (Å²) in [7, 11) is 2.13. The first kappa shape index (κ1) is 12.5. The second-order valence-corrected chi connectivity index (χ2v) is 4.77. The van der Waals surface area contributed by atoms with Crippen LogP contribution in [-0.4, -0.2) is 41.7 Å². The molecule has 1 fully saturated rings. The van der Waals surface area contributed by atoms with Crippen LogP contribution in [0.1, 0.15) is 25.1 Å². The van der Waals surface area contributed by atoms with Crippen LogP contribution < -0.4 is 0 Å². The molecule has 4 heteroatoms. The number of nitrogens with zero attached hydrogens (tertiary/aromatic N) is 3. The summed E-state index contributed by atoms with van der Waals surface area (Å²) in [5.41, 5.74) is 0. The van der Waals surface area contributed by atoms with Gasteiger partial charge in [0.25, 0.3) is 0 Å². The molecule has 0 N–H and O–H groups in total. The predicted octanol–water partition coefficient (Wildman–Crippen LogP) is 1.73. The minimum absolute atomic E-state index is 0.739. The Morgan fingerprint density at radius 1 is 1.41 bits per heavy atom. The van der Waals surface area contributed by atoms with Crippen LogP contribution in [0.5, 0.6) is 0 Å². The van der Waals surface area contributed by atoms with E-state index >= 15 is 0 Å². The minimum atomic E-state index is 0.739. The molecule has 94 valence electrons. The van der Waals surface area contributed by atoms with Crippen molar-refractivity contribution in [2.24, 2.45) is 5.92 Å². The highest BCUT2D eigenvalue weighted by Gasteiger charge is 2.14. The second kappa shape index (κ2) is 6.67. The van der Waals surface area contributed by atoms with Crippen LogP contribution in [0.15, 0.2) is 18.5 Å². The van der Waals surface area contributed by atoms with Gasteiger partial charge in [-0.2, -0.15) is 0 Å². The van der Waals surface area contributed by atoms with Gasteiger partial charge in [-0.3, -0.25) is 4.90 Å². The van der Waals surface area contributed by atoms with E-state index in [1.165, 1.54) is 19.3 Å². The number of aromatic nitrogens is 2. The molecule has 1 aliphatic heterocycles. The summed E-state index contributed by atoms with van der Waals surface area (Å²) in [4.78, 5) is 10.8. The normalized spacial score (nSPS) is 20.7. The van der Waals surface area contributed by atoms with E-state index in [0.29, 0.717) is 0 Å². The Bertz CT molecular complexity index is 312. The van der Waals surface area contributed by atoms with E-state index in [1.54, 1.807) is 12.4 Å². The van der Waals surface area contributed by atoms with Gasteiger partial charge in [0.1, 0.15) is 5.82 Å². The molecule has 1 aromatic rings. The molecule has 4 nitrogen and oxygen atoms in total. The van der Waals surface area contributed by atoms with Crippen molar-refractivity contribution in [1.82, 2.24) is 14.9 Å². The van der Waals surface area contributed by atoms with Gasteiger partial charge in [0.15, 0.2) is 0 Å². The molecule has 0 spiro atoms. The maximum Gasteiger partial charge on any atom is 0.142 e. The molecule has 17 heavy (non-hydrogen) atoms. The van der Waals surface area contributed by atoms with Gasteiger partial charge in [0.2, 0.25) is 0 Å². The lowest BCUT2D eigenvalue weighted by molar-refractivity contribution is 0.0479. The molecule has 1 saturated heterocycles. The molecule has 0 aliphatic carbocycles. The summed E-state index contributed by atoms with van der Waals surface area (Å²) in [6.45, 7) is 3.81. The third kappa shape index (κ3) is 4.40. The quantitative estimate of drug-likeness (QED) is 0.779. The highest BCUT2D eigenvalue weighted by atomic mass is 16.5. The molecule has 0 saturated carbocycles. The summed E-state index contributed by atoms with van der Waals surface area (Å²) in [5, 5.41) is 0. The Balaban J connectivity index is 1.68. The van der Waals surface area contributed by atoms with E-state index in [4.69, 9.17) is 4.74 Å². The molecular formula is C13H21N3O. The standard InChI is InChI=1S/C13H21N3O/c1-16(10-13-14-6-3-7-15-13)8-5-12-4-2-9-17-11-12/h3,6-7,12H,2,4-5,8-11H2,1H3. The van der Waals surface area contributed by atoms with E-state index in [9.17, 15) is 0 Å². The molecule has 0 bridgehead atoms. The van der Waals surface area contributed by atoms with E-state index in [-0.39, 0.29) is 0 Å². The first-order valence-corrected chi connectivity index (χ1v) is 6.37. The van der Waals surface area contributed by atoms with Gasteiger partial charge in [-0.05, 0) is 44.8 Å². The largest absolute Gasteiger partial charge is 0.381 e. The van der Waals surface area contributed by atoms with Crippen LogP contribution in [0.25, 0.3) is 0 Å². The molecule has 2 rings (SSSR count). The smallest absolute Gasteiger partial charge is 0.142 e. The number of hydrogen-bond acceptors (Lipinski definition) is 4. The van der Waals surface area contributed by atoms with Gasteiger partial charge in [-0.25, -0.2) is 9.97 Å². The molecule has 0 radical (unpaired) electrons. The Kier molecular flexibility index (Phi) is 4.88. The van der Waals surface area contributed by atoms with Crippen molar-refractivity contribution in [3.8, 4) is 0 Å². The zero-order valence-electron chi connectivity index (χ0n) is 10.5. The number of rotatable bonds is 5. The lowest BCUT2D eigenvalue weighted by atomic mass is 9.98. The summed E-state index contributed by atoms with van der Waals surface area (Å²) in [6.07, 6.45) is 7.34. The Morgan fingerprint density at radius 3 is 2.94 bits per heavy atom. The van der Waals surface area contributed by atoms with Crippen LogP contribution in [0.4, 0.5) is 0 Å². The fraction of sp³-hybridized carbons (Fsp3) is 0.692. The summed E-state index contributed by atoms with van der Waals surface area (Å²) < 4.78 is 5.49. The zero-order valence-corrected chi connectivity index (χ0v) is 10.5. The predicted molar refractivity (Wildman–Crippen MR) is 66.5 cm³/mol. The molecule has 1 unspecified atom stereocenters. The van der Waals surface area contributed by atoms with Crippen LogP contribution in [0.2, 0.25) is 0 Å². The third-order valence-electron chi connectivity index (χ3n) is 3.20. The van der Waals surface area contributed by atoms with Gasteiger partial charge in [-0.15, -0.1) is 0 Å². The van der Waals surface area contributed by atoms with Crippen LogP contribution in [0.3, 0.4) is 0 Å². The SMILES string of the molecule is CN(CCC1CCCOC1)Cc1ncccn1. The highest BCUT2D eigenvalue weighted by molar-refractivity contribution is 4.88. The van der Waals surface area contributed by atoms with E-state index < -0.39 is 0 Å². The van der Waals surface area contributed by atoms with Gasteiger partial charge >= 0.3 is 0 Å². The van der Waals surface area contributed by atoms with Crippen LogP contribution >= 0.6 is 0 Å². The lowest BCUT2D eigenvalue weighted by Gasteiger charge is -2.24. The maximum absolute atomic E-state index is 5.49. The number of ether oxygens (including phenoxy) is 1. The fourth-order valence-electron chi connectivity index (χ4n) is 2.17. The Hall–Kier alpha value is -1.00. The molecular weight excluding hydrogens is 214 g/mol. The highest BCUT2D eigenvalue weighted by Crippen LogP contribution is 2.17. The van der Waals surface area contributed by atoms with Crippen LogP contribution in [-0.2, 0) is 11.3 Å². The van der Waals surface area contributed by atoms with Crippen molar-refractivity contribution in [2.75, 3.05) is 26.8 Å². The summed E-state index contributed by atoms with van der Waals surface area (Å²) in [5.74, 6) is 1.64. The van der Waals surface area contributed by atoms with Crippen molar-refractivity contribution in [3.05, 3.63) is 24.3 Å². The third-order valence-corrected chi connectivity index (χ3v) is 3.20. The maximum atomic E-state index is 5.49. The first-order chi connectivity index (χ1) is 8.34. The lowest BCUT2D eigenvalue weighted by Crippen LogP contribution is -2.25. The van der Waals surface area contributed by atoms with Gasteiger partial charge < -0.3 is 4.74 Å². The molecule has 2 heterocycles. The molecule has 1 aromatic heterocycles. The van der Waals surface area contributed by atoms with Crippen molar-refractivity contribution < 1.29 is 4.74 Å². The summed E-state index contributed by atoms with van der Waals surface area (Å²) >= 11 is 0.